The highest BCUT2D eigenvalue weighted by Gasteiger charge is 2.14. The Morgan fingerprint density at radius 2 is 2.08 bits per heavy atom. The van der Waals surface area contributed by atoms with E-state index < -0.39 is 6.10 Å². The summed E-state index contributed by atoms with van der Waals surface area (Å²) in [6, 6.07) is 11.5. The molecule has 6 nitrogen and oxygen atoms in total. The quantitative estimate of drug-likeness (QED) is 0.588. The molecule has 0 saturated heterocycles. The number of aliphatic hydroxyl groups excluding tert-OH is 1. The second kappa shape index (κ2) is 5.85. The number of hydrogen-bond donors (Lipinski definition) is 1. The topological polar surface area (TPSA) is 68.8 Å². The summed E-state index contributed by atoms with van der Waals surface area (Å²) in [6.45, 7) is 1.72. The molecule has 1 atom stereocenters. The van der Waals surface area contributed by atoms with Crippen LogP contribution in [0.15, 0.2) is 59.6 Å². The first kappa shape index (κ1) is 15.0. The molecule has 3 heterocycles. The van der Waals surface area contributed by atoms with E-state index in [1.807, 2.05) is 41.0 Å². The predicted molar refractivity (Wildman–Crippen MR) is 94.3 cm³/mol. The van der Waals surface area contributed by atoms with E-state index >= 15 is 0 Å². The molecule has 1 unspecified atom stereocenters. The van der Waals surface area contributed by atoms with Crippen molar-refractivity contribution in [1.82, 2.24) is 24.3 Å². The lowest BCUT2D eigenvalue weighted by molar-refractivity contribution is 0.198. The highest BCUT2D eigenvalue weighted by molar-refractivity contribution is 9.10. The molecular weight excluding hydrogens is 370 g/mol. The van der Waals surface area contributed by atoms with E-state index in [-0.39, 0.29) is 0 Å². The Kier molecular flexibility index (Phi) is 3.66. The molecule has 120 valence electrons. The molecule has 0 aliphatic rings. The van der Waals surface area contributed by atoms with Gasteiger partial charge in [-0.3, -0.25) is 4.57 Å². The monoisotopic (exact) mass is 383 g/mol. The molecule has 4 rings (SSSR count). The fourth-order valence-corrected chi connectivity index (χ4v) is 3.00. The van der Waals surface area contributed by atoms with Gasteiger partial charge in [-0.25, -0.2) is 14.6 Å². The van der Waals surface area contributed by atoms with Gasteiger partial charge in [0.15, 0.2) is 5.82 Å². The van der Waals surface area contributed by atoms with Crippen LogP contribution < -0.4 is 0 Å². The molecule has 0 bridgehead atoms. The van der Waals surface area contributed by atoms with Gasteiger partial charge in [-0.05, 0) is 43.3 Å². The maximum Gasteiger partial charge on any atom is 0.161 e. The molecule has 7 heteroatoms. The van der Waals surface area contributed by atoms with Crippen molar-refractivity contribution in [2.24, 2.45) is 0 Å². The maximum absolute atomic E-state index is 10.0. The number of hydrogen-bond acceptors (Lipinski definition) is 4. The zero-order valence-corrected chi connectivity index (χ0v) is 14.4. The molecule has 0 aliphatic heterocycles. The molecule has 1 aromatic carbocycles. The van der Waals surface area contributed by atoms with Crippen molar-refractivity contribution in [2.75, 3.05) is 0 Å². The van der Waals surface area contributed by atoms with E-state index in [2.05, 4.69) is 26.0 Å². The Labute approximate surface area is 146 Å². The minimum atomic E-state index is -0.638. The molecule has 0 radical (unpaired) electrons. The third-order valence-electron chi connectivity index (χ3n) is 3.82. The van der Waals surface area contributed by atoms with Gasteiger partial charge in [0.2, 0.25) is 0 Å². The third-order valence-corrected chi connectivity index (χ3v) is 4.31. The van der Waals surface area contributed by atoms with Crippen LogP contribution >= 0.6 is 15.9 Å². The van der Waals surface area contributed by atoms with Crippen molar-refractivity contribution < 1.29 is 5.11 Å². The standard InChI is InChI=1S/C17H14BrN5O/c1-11(24)13-4-6-16(21-17(13)23-8-2-7-20-23)22-10-19-14-9-12(18)3-5-15(14)22/h2-11,24H,1H3. The smallest absolute Gasteiger partial charge is 0.161 e. The summed E-state index contributed by atoms with van der Waals surface area (Å²) in [5.74, 6) is 1.32. The number of benzene rings is 1. The minimum absolute atomic E-state index is 0.603. The lowest BCUT2D eigenvalue weighted by Gasteiger charge is -2.13. The van der Waals surface area contributed by atoms with Crippen LogP contribution in [0.4, 0.5) is 0 Å². The van der Waals surface area contributed by atoms with Crippen molar-refractivity contribution >= 4 is 27.0 Å². The van der Waals surface area contributed by atoms with E-state index in [4.69, 9.17) is 4.98 Å². The number of halogens is 1. The molecule has 3 aromatic heterocycles. The highest BCUT2D eigenvalue weighted by Crippen LogP contribution is 2.24. The first-order chi connectivity index (χ1) is 11.6. The summed E-state index contributed by atoms with van der Waals surface area (Å²) in [7, 11) is 0. The molecule has 4 aromatic rings. The summed E-state index contributed by atoms with van der Waals surface area (Å²) < 4.78 is 4.55. The summed E-state index contributed by atoms with van der Waals surface area (Å²) >= 11 is 3.46. The predicted octanol–water partition coefficient (Wildman–Crippen LogP) is 3.42. The zero-order chi connectivity index (χ0) is 16.7. The van der Waals surface area contributed by atoms with E-state index in [1.54, 1.807) is 30.3 Å². The van der Waals surface area contributed by atoms with Gasteiger partial charge >= 0.3 is 0 Å². The Morgan fingerprint density at radius 3 is 2.83 bits per heavy atom. The van der Waals surface area contributed by atoms with Crippen molar-refractivity contribution in [3.8, 4) is 11.6 Å². The van der Waals surface area contributed by atoms with Gasteiger partial charge in [-0.1, -0.05) is 15.9 Å². The van der Waals surface area contributed by atoms with E-state index in [1.165, 1.54) is 0 Å². The molecular formula is C17H14BrN5O. The number of aromatic nitrogens is 5. The molecule has 1 N–H and O–H groups in total. The highest BCUT2D eigenvalue weighted by atomic mass is 79.9. The average Bonchev–Trinajstić information content (AvgIpc) is 3.23. The molecule has 0 fully saturated rings. The number of aliphatic hydroxyl groups is 1. The summed E-state index contributed by atoms with van der Waals surface area (Å²) in [5, 5.41) is 14.3. The first-order valence-corrected chi connectivity index (χ1v) is 8.25. The lowest BCUT2D eigenvalue weighted by Crippen LogP contribution is -2.08. The normalized spacial score (nSPS) is 12.6. The van der Waals surface area contributed by atoms with Crippen LogP contribution in [0.1, 0.15) is 18.6 Å². The van der Waals surface area contributed by atoms with E-state index in [9.17, 15) is 5.11 Å². The van der Waals surface area contributed by atoms with Crippen LogP contribution in [0.2, 0.25) is 0 Å². The average molecular weight is 384 g/mol. The van der Waals surface area contributed by atoms with Crippen LogP contribution in [0, 0.1) is 0 Å². The van der Waals surface area contributed by atoms with Gasteiger partial charge in [-0.2, -0.15) is 5.10 Å². The third kappa shape index (κ3) is 2.51. The van der Waals surface area contributed by atoms with Crippen LogP contribution in [0.5, 0.6) is 0 Å². The molecule has 24 heavy (non-hydrogen) atoms. The zero-order valence-electron chi connectivity index (χ0n) is 12.8. The minimum Gasteiger partial charge on any atom is -0.389 e. The van der Waals surface area contributed by atoms with Crippen molar-refractivity contribution in [3.05, 3.63) is 65.2 Å². The fraction of sp³-hybridized carbons (Fsp3) is 0.118. The lowest BCUT2D eigenvalue weighted by atomic mass is 10.1. The molecule has 0 spiro atoms. The second-order valence-corrected chi connectivity index (χ2v) is 6.37. The molecule has 0 saturated carbocycles. The van der Waals surface area contributed by atoms with Gasteiger partial charge in [-0.15, -0.1) is 0 Å². The van der Waals surface area contributed by atoms with Gasteiger partial charge in [0.25, 0.3) is 0 Å². The van der Waals surface area contributed by atoms with Crippen molar-refractivity contribution in [3.63, 3.8) is 0 Å². The fourth-order valence-electron chi connectivity index (χ4n) is 2.66. The Hall–Kier alpha value is -2.51. The van der Waals surface area contributed by atoms with E-state index in [0.717, 1.165) is 26.9 Å². The van der Waals surface area contributed by atoms with Crippen LogP contribution in [-0.2, 0) is 0 Å². The van der Waals surface area contributed by atoms with Gasteiger partial charge < -0.3 is 5.11 Å². The van der Waals surface area contributed by atoms with Crippen LogP contribution in [-0.4, -0.2) is 29.4 Å². The number of pyridine rings is 1. The summed E-state index contributed by atoms with van der Waals surface area (Å²) in [6.07, 6.45) is 4.60. The van der Waals surface area contributed by atoms with Gasteiger partial charge in [0.1, 0.15) is 12.1 Å². The number of imidazole rings is 1. The Balaban J connectivity index is 1.91. The second-order valence-electron chi connectivity index (χ2n) is 5.46. The van der Waals surface area contributed by atoms with Gasteiger partial charge in [0, 0.05) is 22.4 Å². The maximum atomic E-state index is 10.0. The van der Waals surface area contributed by atoms with Crippen molar-refractivity contribution in [2.45, 2.75) is 13.0 Å². The SMILES string of the molecule is CC(O)c1ccc(-n2cnc3cc(Br)ccc32)nc1-n1cccn1. The van der Waals surface area contributed by atoms with Gasteiger partial charge in [0.05, 0.1) is 17.1 Å². The first-order valence-electron chi connectivity index (χ1n) is 7.45. The Morgan fingerprint density at radius 1 is 1.21 bits per heavy atom. The Bertz CT molecular complexity index is 1010. The number of nitrogens with zero attached hydrogens (tertiary/aromatic N) is 5. The molecule has 0 amide bonds. The van der Waals surface area contributed by atoms with E-state index in [0.29, 0.717) is 5.82 Å². The largest absolute Gasteiger partial charge is 0.389 e. The summed E-state index contributed by atoms with van der Waals surface area (Å²) in [5.41, 5.74) is 2.56. The molecule has 0 aliphatic carbocycles. The van der Waals surface area contributed by atoms with Crippen LogP contribution in [0.3, 0.4) is 0 Å². The van der Waals surface area contributed by atoms with Crippen LogP contribution in [0.25, 0.3) is 22.7 Å². The number of rotatable bonds is 3. The summed E-state index contributed by atoms with van der Waals surface area (Å²) in [4.78, 5) is 9.13. The van der Waals surface area contributed by atoms with Crippen molar-refractivity contribution in [1.29, 1.82) is 0 Å². The number of fused-ring (bicyclic) bond motifs is 1.